The maximum Gasteiger partial charge on any atom is 0.0795 e. The molecule has 1 aliphatic rings. The van der Waals surface area contributed by atoms with Crippen molar-refractivity contribution in [1.29, 1.82) is 0 Å². The monoisotopic (exact) mass is 281 g/mol. The molecule has 1 saturated carbocycles. The molecule has 0 unspecified atom stereocenters. The Kier molecular flexibility index (Phi) is 5.37. The molecule has 3 nitrogen and oxygen atoms in total. The van der Waals surface area contributed by atoms with Crippen LogP contribution in [0.25, 0.3) is 0 Å². The molecule has 0 bridgehead atoms. The minimum atomic E-state index is 0.481. The number of thiazole rings is 1. The molecule has 1 fully saturated rings. The van der Waals surface area contributed by atoms with Gasteiger partial charge in [0, 0.05) is 31.1 Å². The van der Waals surface area contributed by atoms with Gasteiger partial charge in [0.2, 0.25) is 0 Å². The summed E-state index contributed by atoms with van der Waals surface area (Å²) < 4.78 is 0. The zero-order chi connectivity index (χ0) is 13.7. The first-order chi connectivity index (χ1) is 9.10. The minimum absolute atomic E-state index is 0.481. The number of hydrogen-bond acceptors (Lipinski definition) is 4. The Morgan fingerprint density at radius 2 is 2.16 bits per heavy atom. The van der Waals surface area contributed by atoms with E-state index in [1.165, 1.54) is 37.9 Å². The molecule has 1 heterocycles. The molecule has 0 aromatic carbocycles. The first-order valence-corrected chi connectivity index (χ1v) is 8.33. The van der Waals surface area contributed by atoms with Crippen molar-refractivity contribution < 1.29 is 0 Å². The van der Waals surface area contributed by atoms with Gasteiger partial charge in [0.25, 0.3) is 0 Å². The molecule has 19 heavy (non-hydrogen) atoms. The van der Waals surface area contributed by atoms with E-state index in [2.05, 4.69) is 41.5 Å². The molecule has 1 N–H and O–H groups in total. The highest BCUT2D eigenvalue weighted by atomic mass is 32.1. The first kappa shape index (κ1) is 14.9. The molecule has 1 aromatic heterocycles. The number of aromatic nitrogens is 1. The Hall–Kier alpha value is -0.450. The van der Waals surface area contributed by atoms with Gasteiger partial charge < -0.3 is 5.32 Å². The van der Waals surface area contributed by atoms with Gasteiger partial charge in [-0.25, -0.2) is 4.98 Å². The van der Waals surface area contributed by atoms with E-state index in [9.17, 15) is 0 Å². The summed E-state index contributed by atoms with van der Waals surface area (Å²) >= 11 is 1.69. The molecule has 0 radical (unpaired) electrons. The van der Waals surface area contributed by atoms with Crippen LogP contribution < -0.4 is 5.32 Å². The maximum atomic E-state index is 4.39. The molecule has 1 aliphatic carbocycles. The van der Waals surface area contributed by atoms with E-state index in [0.717, 1.165) is 13.1 Å². The quantitative estimate of drug-likeness (QED) is 0.832. The third-order valence-electron chi connectivity index (χ3n) is 4.07. The zero-order valence-corrected chi connectivity index (χ0v) is 13.3. The average molecular weight is 281 g/mol. The highest BCUT2D eigenvalue weighted by Gasteiger charge is 2.34. The molecule has 4 heteroatoms. The fraction of sp³-hybridized carbons (Fsp3) is 0.800. The summed E-state index contributed by atoms with van der Waals surface area (Å²) in [4.78, 5) is 6.84. The second-order valence-corrected chi connectivity index (χ2v) is 7.11. The number of rotatable bonds is 7. The Labute approximate surface area is 121 Å². The van der Waals surface area contributed by atoms with Crippen molar-refractivity contribution in [2.45, 2.75) is 52.1 Å². The van der Waals surface area contributed by atoms with Gasteiger partial charge in [-0.3, -0.25) is 4.90 Å². The molecule has 0 atom stereocenters. The van der Waals surface area contributed by atoms with Crippen LogP contribution in [0, 0.1) is 5.41 Å². The highest BCUT2D eigenvalue weighted by molar-refractivity contribution is 7.07. The second kappa shape index (κ2) is 6.82. The Bertz CT molecular complexity index is 355. The second-order valence-electron chi connectivity index (χ2n) is 6.39. The van der Waals surface area contributed by atoms with E-state index in [1.54, 1.807) is 11.3 Å². The van der Waals surface area contributed by atoms with Gasteiger partial charge >= 0.3 is 0 Å². The standard InChI is InChI=1S/C15H27N3S/c1-13(2)16-10-15(6-4-5-7-15)11-18(3)8-14-9-19-12-17-14/h9,12-13,16H,4-8,10-11H2,1-3H3. The van der Waals surface area contributed by atoms with Crippen molar-refractivity contribution in [2.24, 2.45) is 5.41 Å². The van der Waals surface area contributed by atoms with E-state index in [1.807, 2.05) is 5.51 Å². The van der Waals surface area contributed by atoms with Gasteiger partial charge in [-0.2, -0.15) is 0 Å². The summed E-state index contributed by atoms with van der Waals surface area (Å²) in [6.07, 6.45) is 5.52. The lowest BCUT2D eigenvalue weighted by Gasteiger charge is -2.34. The zero-order valence-electron chi connectivity index (χ0n) is 12.5. The molecule has 2 rings (SSSR count). The molecule has 0 aliphatic heterocycles. The van der Waals surface area contributed by atoms with E-state index in [0.29, 0.717) is 11.5 Å². The smallest absolute Gasteiger partial charge is 0.0795 e. The fourth-order valence-corrected chi connectivity index (χ4v) is 3.71. The van der Waals surface area contributed by atoms with Gasteiger partial charge in [0.1, 0.15) is 0 Å². The lowest BCUT2D eigenvalue weighted by Crippen LogP contribution is -2.43. The predicted octanol–water partition coefficient (Wildman–Crippen LogP) is 3.13. The van der Waals surface area contributed by atoms with Crippen molar-refractivity contribution in [3.63, 3.8) is 0 Å². The van der Waals surface area contributed by atoms with Crippen LogP contribution in [0.2, 0.25) is 0 Å². The van der Waals surface area contributed by atoms with E-state index in [-0.39, 0.29) is 0 Å². The third kappa shape index (κ3) is 4.55. The van der Waals surface area contributed by atoms with Crippen molar-refractivity contribution >= 4 is 11.3 Å². The molecule has 1 aromatic rings. The number of hydrogen-bond donors (Lipinski definition) is 1. The normalized spacial score (nSPS) is 18.6. The van der Waals surface area contributed by atoms with Crippen molar-refractivity contribution in [3.8, 4) is 0 Å². The van der Waals surface area contributed by atoms with E-state index in [4.69, 9.17) is 0 Å². The number of nitrogens with zero attached hydrogens (tertiary/aromatic N) is 2. The van der Waals surface area contributed by atoms with Crippen molar-refractivity contribution in [2.75, 3.05) is 20.1 Å². The molecular weight excluding hydrogens is 254 g/mol. The van der Waals surface area contributed by atoms with Gasteiger partial charge in [-0.15, -0.1) is 11.3 Å². The molecule has 108 valence electrons. The van der Waals surface area contributed by atoms with Gasteiger partial charge in [-0.05, 0) is 25.3 Å². The summed E-state index contributed by atoms with van der Waals surface area (Å²) in [6.45, 7) is 7.80. The maximum absolute atomic E-state index is 4.39. The van der Waals surface area contributed by atoms with Crippen molar-refractivity contribution in [3.05, 3.63) is 16.6 Å². The molecule has 0 amide bonds. The van der Waals surface area contributed by atoms with Crippen LogP contribution in [0.1, 0.15) is 45.2 Å². The van der Waals surface area contributed by atoms with Gasteiger partial charge in [0.15, 0.2) is 0 Å². The third-order valence-corrected chi connectivity index (χ3v) is 4.71. The van der Waals surface area contributed by atoms with Crippen LogP contribution in [-0.4, -0.2) is 36.1 Å². The van der Waals surface area contributed by atoms with Crippen LogP contribution in [0.4, 0.5) is 0 Å². The predicted molar refractivity (Wildman–Crippen MR) is 82.5 cm³/mol. The largest absolute Gasteiger partial charge is 0.314 e. The topological polar surface area (TPSA) is 28.2 Å². The summed E-state index contributed by atoms with van der Waals surface area (Å²) in [5.41, 5.74) is 3.61. The van der Waals surface area contributed by atoms with Crippen LogP contribution in [0.5, 0.6) is 0 Å². The van der Waals surface area contributed by atoms with Gasteiger partial charge in [-0.1, -0.05) is 26.7 Å². The Morgan fingerprint density at radius 1 is 1.42 bits per heavy atom. The minimum Gasteiger partial charge on any atom is -0.314 e. The first-order valence-electron chi connectivity index (χ1n) is 7.39. The van der Waals surface area contributed by atoms with E-state index < -0.39 is 0 Å². The highest BCUT2D eigenvalue weighted by Crippen LogP contribution is 2.38. The fourth-order valence-electron chi connectivity index (χ4n) is 3.16. The van der Waals surface area contributed by atoms with Crippen LogP contribution in [0.3, 0.4) is 0 Å². The van der Waals surface area contributed by atoms with Crippen LogP contribution in [-0.2, 0) is 6.54 Å². The summed E-state index contributed by atoms with van der Waals surface area (Å²) in [5, 5.41) is 5.81. The van der Waals surface area contributed by atoms with Crippen LogP contribution >= 0.6 is 11.3 Å². The van der Waals surface area contributed by atoms with E-state index >= 15 is 0 Å². The SMILES string of the molecule is CC(C)NCC1(CN(C)Cc2cscn2)CCCC1. The number of nitrogens with one attached hydrogen (secondary N) is 1. The lowest BCUT2D eigenvalue weighted by molar-refractivity contribution is 0.163. The average Bonchev–Trinajstić information content (AvgIpc) is 2.99. The van der Waals surface area contributed by atoms with Crippen molar-refractivity contribution in [1.82, 2.24) is 15.2 Å². The van der Waals surface area contributed by atoms with Gasteiger partial charge in [0.05, 0.1) is 11.2 Å². The Balaban J connectivity index is 1.88. The molecule has 0 spiro atoms. The lowest BCUT2D eigenvalue weighted by atomic mass is 9.85. The van der Waals surface area contributed by atoms with Crippen LogP contribution in [0.15, 0.2) is 10.9 Å². The Morgan fingerprint density at radius 3 is 2.74 bits per heavy atom. The molecule has 0 saturated heterocycles. The summed E-state index contributed by atoms with van der Waals surface area (Å²) in [7, 11) is 2.23. The molecular formula is C15H27N3S. The summed E-state index contributed by atoms with van der Waals surface area (Å²) in [5.74, 6) is 0. The summed E-state index contributed by atoms with van der Waals surface area (Å²) in [6, 6.07) is 0.585.